The SMILES string of the molecule is O[C@@H](COc1ccc(F)cc1)Cn1nnc(-c2ccco2)n1. The Hall–Kier alpha value is -2.74. The van der Waals surface area contributed by atoms with E-state index in [9.17, 15) is 9.50 Å². The van der Waals surface area contributed by atoms with Crippen LogP contribution in [0.3, 0.4) is 0 Å². The topological polar surface area (TPSA) is 86.2 Å². The fourth-order valence-electron chi connectivity index (χ4n) is 1.79. The summed E-state index contributed by atoms with van der Waals surface area (Å²) in [5.41, 5.74) is 0. The summed E-state index contributed by atoms with van der Waals surface area (Å²) in [6, 6.07) is 9.00. The van der Waals surface area contributed by atoms with Gasteiger partial charge in [0.1, 0.15) is 24.3 Å². The Morgan fingerprint density at radius 2 is 2.09 bits per heavy atom. The molecule has 0 amide bonds. The van der Waals surface area contributed by atoms with Crippen molar-refractivity contribution in [3.63, 3.8) is 0 Å². The second kappa shape index (κ2) is 6.35. The summed E-state index contributed by atoms with van der Waals surface area (Å²) in [5, 5.41) is 21.7. The molecule has 0 bridgehead atoms. The number of aliphatic hydroxyl groups is 1. The first kappa shape index (κ1) is 14.2. The van der Waals surface area contributed by atoms with E-state index in [0.717, 1.165) is 0 Å². The number of benzene rings is 1. The molecule has 0 saturated heterocycles. The van der Waals surface area contributed by atoms with Crippen molar-refractivity contribution in [3.8, 4) is 17.3 Å². The van der Waals surface area contributed by atoms with Crippen molar-refractivity contribution >= 4 is 0 Å². The zero-order valence-corrected chi connectivity index (χ0v) is 11.5. The van der Waals surface area contributed by atoms with Gasteiger partial charge in [-0.1, -0.05) is 0 Å². The van der Waals surface area contributed by atoms with Crippen molar-refractivity contribution in [3.05, 3.63) is 48.5 Å². The smallest absolute Gasteiger partial charge is 0.240 e. The molecule has 0 spiro atoms. The van der Waals surface area contributed by atoms with E-state index >= 15 is 0 Å². The van der Waals surface area contributed by atoms with Gasteiger partial charge in [-0.25, -0.2) is 4.39 Å². The predicted octanol–water partition coefficient (Wildman–Crippen LogP) is 1.51. The lowest BCUT2D eigenvalue weighted by Gasteiger charge is -2.11. The average Bonchev–Trinajstić information content (AvgIpc) is 3.17. The van der Waals surface area contributed by atoms with Crippen molar-refractivity contribution in [2.75, 3.05) is 6.61 Å². The molecule has 1 atom stereocenters. The zero-order valence-electron chi connectivity index (χ0n) is 11.5. The van der Waals surface area contributed by atoms with Crippen LogP contribution >= 0.6 is 0 Å². The monoisotopic (exact) mass is 304 g/mol. The Morgan fingerprint density at radius 3 is 2.82 bits per heavy atom. The molecule has 1 N–H and O–H groups in total. The van der Waals surface area contributed by atoms with Gasteiger partial charge in [-0.3, -0.25) is 0 Å². The second-order valence-corrected chi connectivity index (χ2v) is 4.56. The lowest BCUT2D eigenvalue weighted by atomic mass is 10.3. The van der Waals surface area contributed by atoms with Crippen molar-refractivity contribution in [1.29, 1.82) is 0 Å². The normalized spacial score (nSPS) is 12.3. The third-order valence-electron chi connectivity index (χ3n) is 2.82. The molecule has 0 aliphatic rings. The van der Waals surface area contributed by atoms with Crippen LogP contribution in [0.15, 0.2) is 47.1 Å². The molecule has 0 aliphatic heterocycles. The summed E-state index contributed by atoms with van der Waals surface area (Å²) in [6.07, 6.45) is 0.685. The van der Waals surface area contributed by atoms with Crippen LogP contribution in [0.25, 0.3) is 11.6 Å². The number of furan rings is 1. The van der Waals surface area contributed by atoms with Gasteiger partial charge in [-0.2, -0.15) is 4.80 Å². The summed E-state index contributed by atoms with van der Waals surface area (Å²) in [7, 11) is 0. The maximum Gasteiger partial charge on any atom is 0.240 e. The molecule has 1 aromatic carbocycles. The van der Waals surface area contributed by atoms with E-state index in [2.05, 4.69) is 15.4 Å². The van der Waals surface area contributed by atoms with Crippen LogP contribution in [-0.2, 0) is 6.54 Å². The quantitative estimate of drug-likeness (QED) is 0.743. The minimum Gasteiger partial charge on any atom is -0.491 e. The van der Waals surface area contributed by atoms with Crippen molar-refractivity contribution in [1.82, 2.24) is 20.2 Å². The first-order chi connectivity index (χ1) is 10.7. The summed E-state index contributed by atoms with van der Waals surface area (Å²) >= 11 is 0. The highest BCUT2D eigenvalue weighted by Gasteiger charge is 2.12. The summed E-state index contributed by atoms with van der Waals surface area (Å²) < 4.78 is 23.3. The Bertz CT molecular complexity index is 712. The summed E-state index contributed by atoms with van der Waals surface area (Å²) in [4.78, 5) is 1.26. The molecular weight excluding hydrogens is 291 g/mol. The van der Waals surface area contributed by atoms with E-state index in [1.165, 1.54) is 35.3 Å². The van der Waals surface area contributed by atoms with Gasteiger partial charge in [0, 0.05) is 0 Å². The molecule has 2 aromatic heterocycles. The highest BCUT2D eigenvalue weighted by Crippen LogP contribution is 2.13. The van der Waals surface area contributed by atoms with Gasteiger partial charge < -0.3 is 14.3 Å². The third kappa shape index (κ3) is 3.47. The van der Waals surface area contributed by atoms with E-state index in [1.54, 1.807) is 12.1 Å². The third-order valence-corrected chi connectivity index (χ3v) is 2.82. The largest absolute Gasteiger partial charge is 0.491 e. The molecule has 22 heavy (non-hydrogen) atoms. The predicted molar refractivity (Wildman–Crippen MR) is 73.4 cm³/mol. The van der Waals surface area contributed by atoms with Crippen molar-refractivity contribution in [2.24, 2.45) is 0 Å². The number of hydrogen-bond acceptors (Lipinski definition) is 6. The number of aromatic nitrogens is 4. The van der Waals surface area contributed by atoms with Crippen LogP contribution in [0.1, 0.15) is 0 Å². The molecule has 7 nitrogen and oxygen atoms in total. The fourth-order valence-corrected chi connectivity index (χ4v) is 1.79. The molecule has 0 radical (unpaired) electrons. The van der Waals surface area contributed by atoms with Gasteiger partial charge in [0.15, 0.2) is 5.76 Å². The molecule has 0 aliphatic carbocycles. The van der Waals surface area contributed by atoms with Gasteiger partial charge in [0.05, 0.1) is 12.8 Å². The van der Waals surface area contributed by atoms with Crippen LogP contribution in [0, 0.1) is 5.82 Å². The molecule has 0 saturated carbocycles. The number of halogens is 1. The van der Waals surface area contributed by atoms with E-state index in [-0.39, 0.29) is 19.0 Å². The number of nitrogens with zero attached hydrogens (tertiary/aromatic N) is 4. The number of ether oxygens (including phenoxy) is 1. The standard InChI is InChI=1S/C14H13FN4O3/c15-10-3-5-12(6-4-10)22-9-11(20)8-19-17-14(16-18-19)13-2-1-7-21-13/h1-7,11,20H,8-9H2/t11-/m1/s1. The maximum atomic E-state index is 12.8. The Morgan fingerprint density at radius 1 is 1.27 bits per heavy atom. The lowest BCUT2D eigenvalue weighted by Crippen LogP contribution is -2.24. The minimum atomic E-state index is -0.830. The van der Waals surface area contributed by atoms with Gasteiger partial charge >= 0.3 is 0 Å². The van der Waals surface area contributed by atoms with Crippen LogP contribution < -0.4 is 4.74 Å². The lowest BCUT2D eigenvalue weighted by molar-refractivity contribution is 0.0849. The molecule has 114 valence electrons. The van der Waals surface area contributed by atoms with Crippen LogP contribution in [0.5, 0.6) is 5.75 Å². The van der Waals surface area contributed by atoms with Gasteiger partial charge in [-0.15, -0.1) is 10.2 Å². The summed E-state index contributed by atoms with van der Waals surface area (Å²) in [6.45, 7) is 0.151. The van der Waals surface area contributed by atoms with Crippen LogP contribution in [0.4, 0.5) is 4.39 Å². The molecule has 0 unspecified atom stereocenters. The van der Waals surface area contributed by atoms with Crippen molar-refractivity contribution < 1.29 is 18.7 Å². The number of tetrazole rings is 1. The Kier molecular flexibility index (Phi) is 4.10. The second-order valence-electron chi connectivity index (χ2n) is 4.56. The van der Waals surface area contributed by atoms with E-state index in [0.29, 0.717) is 17.3 Å². The van der Waals surface area contributed by atoms with Crippen LogP contribution in [0.2, 0.25) is 0 Å². The van der Waals surface area contributed by atoms with Gasteiger partial charge in [0.25, 0.3) is 0 Å². The highest BCUT2D eigenvalue weighted by atomic mass is 19.1. The number of aliphatic hydroxyl groups excluding tert-OH is 1. The molecule has 0 fully saturated rings. The molecular formula is C14H13FN4O3. The van der Waals surface area contributed by atoms with Crippen molar-refractivity contribution in [2.45, 2.75) is 12.6 Å². The van der Waals surface area contributed by atoms with E-state index in [4.69, 9.17) is 9.15 Å². The van der Waals surface area contributed by atoms with Crippen LogP contribution in [-0.4, -0.2) is 38.0 Å². The fraction of sp³-hybridized carbons (Fsp3) is 0.214. The molecule has 8 heteroatoms. The molecule has 3 rings (SSSR count). The van der Waals surface area contributed by atoms with Gasteiger partial charge in [-0.05, 0) is 41.6 Å². The van der Waals surface area contributed by atoms with E-state index in [1.807, 2.05) is 0 Å². The Labute approximate surface area is 124 Å². The maximum absolute atomic E-state index is 12.8. The Balaban J connectivity index is 1.53. The van der Waals surface area contributed by atoms with E-state index < -0.39 is 6.10 Å². The number of hydrogen-bond donors (Lipinski definition) is 1. The van der Waals surface area contributed by atoms with Gasteiger partial charge in [0.2, 0.25) is 5.82 Å². The molecule has 2 heterocycles. The first-order valence-electron chi connectivity index (χ1n) is 6.59. The molecule has 3 aromatic rings. The number of rotatable bonds is 6. The zero-order chi connectivity index (χ0) is 15.4. The average molecular weight is 304 g/mol. The minimum absolute atomic E-state index is 0.0310. The highest BCUT2D eigenvalue weighted by molar-refractivity contribution is 5.43. The summed E-state index contributed by atoms with van der Waals surface area (Å²) in [5.74, 6) is 0.980. The first-order valence-corrected chi connectivity index (χ1v) is 6.59.